The lowest BCUT2D eigenvalue weighted by Crippen LogP contribution is -2.46. The van der Waals surface area contributed by atoms with Gasteiger partial charge in [0.05, 0.1) is 40.9 Å². The van der Waals surface area contributed by atoms with Gasteiger partial charge in [-0.25, -0.2) is 34.0 Å². The molecule has 4 atom stereocenters. The van der Waals surface area contributed by atoms with Gasteiger partial charge in [-0.3, -0.25) is 19.6 Å². The molecule has 672 valence electrons. The Morgan fingerprint density at radius 1 is 0.629 bits per heavy atom. The van der Waals surface area contributed by atoms with Gasteiger partial charge in [-0.2, -0.15) is 44.6 Å². The Balaban J connectivity index is 0.000000249. The van der Waals surface area contributed by atoms with Gasteiger partial charge in [0.2, 0.25) is 41.4 Å². The van der Waals surface area contributed by atoms with Crippen LogP contribution in [-0.2, 0) is 28.6 Å². The number of likely N-dealkylation sites (tertiary alicyclic amines) is 3. The molecule has 0 spiro atoms. The number of ether oxygens (including phenoxy) is 5. The molecular weight excluding hydrogens is 1990 g/mol. The molecule has 0 aliphatic carbocycles. The first-order chi connectivity index (χ1) is 58.7. The minimum absolute atomic E-state index is 0.0289. The molecule has 8 aromatic rings. The predicted octanol–water partition coefficient (Wildman–Crippen LogP) is 18.7. The number of β-amino-alcohol motifs (C(OH)–C–C–N with tert-alkyl or cyclic N) is 1. The Kier molecular flexibility index (Phi) is 43.5. The van der Waals surface area contributed by atoms with Gasteiger partial charge in [-0.1, -0.05) is 98.3 Å². The van der Waals surface area contributed by atoms with Gasteiger partial charge in [0.15, 0.2) is 6.23 Å². The zero-order valence-corrected chi connectivity index (χ0v) is 77.1. The molecule has 4 aliphatic rings. The number of carbonyl (C=O) groups is 5. The average Bonchev–Trinajstić information content (AvgIpc) is 1.56. The van der Waals surface area contributed by atoms with Gasteiger partial charge < -0.3 is 54.3 Å². The minimum Gasteiger partial charge on any atom is -0.478 e. The van der Waals surface area contributed by atoms with Crippen LogP contribution in [0.3, 0.4) is 0 Å². The smallest absolute Gasteiger partial charge is 0.410 e. The zero-order valence-electron chi connectivity index (χ0n) is 69.6. The molecule has 9 heterocycles. The van der Waals surface area contributed by atoms with Crippen molar-refractivity contribution in [3.05, 3.63) is 205 Å². The van der Waals surface area contributed by atoms with Crippen molar-refractivity contribution in [3.63, 3.8) is 0 Å². The maximum Gasteiger partial charge on any atom is 0.410 e. The number of aromatic amines is 1. The summed E-state index contributed by atoms with van der Waals surface area (Å²) in [6.07, 6.45) is 9.10. The first kappa shape index (κ1) is 104. The van der Waals surface area contributed by atoms with Crippen molar-refractivity contribution in [2.45, 2.75) is 160 Å². The molecule has 5 aromatic heterocycles. The van der Waals surface area contributed by atoms with E-state index >= 15 is 0 Å². The number of alkyl halides is 8. The molecule has 1 unspecified atom stereocenters. The van der Waals surface area contributed by atoms with Crippen LogP contribution < -0.4 is 20.1 Å². The van der Waals surface area contributed by atoms with E-state index in [9.17, 15) is 68.6 Å². The summed E-state index contributed by atoms with van der Waals surface area (Å²) in [4.78, 5) is 72.7. The largest absolute Gasteiger partial charge is 0.478 e. The summed E-state index contributed by atoms with van der Waals surface area (Å²) in [5, 5.41) is 34.1. The number of hydrogen-bond donors (Lipinski definition) is 5. The first-order valence-corrected chi connectivity index (χ1v) is 43.8. The fraction of sp³-hybridized carbons (Fsp3) is 0.425. The number of pyridine rings is 3. The van der Waals surface area contributed by atoms with E-state index in [2.05, 4.69) is 129 Å². The number of nitrogens with zero attached hydrogens (tertiary/aromatic N) is 9. The highest BCUT2D eigenvalue weighted by Crippen LogP contribution is 2.41. The first-order valence-electron chi connectivity index (χ1n) is 39.4. The number of likely N-dealkylation sites (N-methyl/N-ethyl adjacent to an activating group) is 2. The molecule has 4 aliphatic heterocycles. The van der Waals surface area contributed by atoms with Gasteiger partial charge in [0.25, 0.3) is 0 Å². The number of carboxylic acid groups (broad SMARTS) is 1. The standard InChI is InChI=1S/C32H31F4N5O2.C16H14F4N2O.C15H21IN2O3.C10H19NO3.C5H8BrNO.C5H3FIN.C4H5BrO2/c1-37-28(42)10-6-16-41-15-5-9-24(20-41)43-29-14-12-23(19-38-29)30(22-11-13-27-25(17-22)31(33)40-39-27)26(18-32(34,35)36)21-7-3-2-4-8-21;17-15-12-10-11(4-3-8-16(18,19)20)6-7-13(12)22(21-15)14-5-1-2-9-23-14;1-15(2,3)21-14(19)18-8-4-5-12(10-18)20-13-7-6-11(16)9-17-13;1-10(2,3)14-9(13)11-6-4-5-8(12)7-11;1-7-5(8)3-2-4-6;6-5-2-1-4(7)3-8-5;5-3-1-2-4(6)7/h2-4,6-8,10-14,17,19,24H,5,9,15-16,18,20H2,1H3,(H,37,42)(H,39,40);6-7,10,14H,1-2,5,8-9H2;6-7,9,12H,4-5,8,10H2,1-3H3;8,12H,4-7H2,1-3H3;2-3H,4H2,1H3,(H,7,8);1-3H;1-2H,3H2,(H,6,7)/b10-6+,30-26-;;;;3-2+;;2-1+/t24-;;12-;8-;;;/m1.11.../s1. The molecule has 4 fully saturated rings. The van der Waals surface area contributed by atoms with Gasteiger partial charge in [-0.15, -0.1) is 5.10 Å². The number of H-pyrrole nitrogens is 1. The van der Waals surface area contributed by atoms with Crippen LogP contribution in [0.5, 0.6) is 11.8 Å². The maximum atomic E-state index is 14.4. The van der Waals surface area contributed by atoms with Gasteiger partial charge >= 0.3 is 30.5 Å². The number of aromatic nitrogens is 7. The third-order valence-electron chi connectivity index (χ3n) is 17.6. The van der Waals surface area contributed by atoms with Crippen molar-refractivity contribution in [1.82, 2.24) is 60.3 Å². The number of amides is 4. The second kappa shape index (κ2) is 52.0. The monoisotopic (exact) mass is 2090 g/mol. The Hall–Kier alpha value is -9.21. The summed E-state index contributed by atoms with van der Waals surface area (Å²) >= 11 is 10.4. The molecule has 37 heteroatoms. The number of hydrogen-bond acceptors (Lipinski definition) is 17. The normalized spacial score (nSPS) is 17.0. The predicted molar refractivity (Wildman–Crippen MR) is 479 cm³/mol. The maximum absolute atomic E-state index is 14.4. The van der Waals surface area contributed by atoms with Crippen LogP contribution in [0.4, 0.5) is 49.1 Å². The summed E-state index contributed by atoms with van der Waals surface area (Å²) in [6.45, 7) is 16.2. The molecule has 3 aromatic carbocycles. The van der Waals surface area contributed by atoms with E-state index in [1.165, 1.54) is 53.5 Å². The van der Waals surface area contributed by atoms with Gasteiger partial charge in [0, 0.05) is 125 Å². The second-order valence-electron chi connectivity index (χ2n) is 29.9. The van der Waals surface area contributed by atoms with Crippen LogP contribution in [0.2, 0.25) is 0 Å². The topological polar surface area (TPSA) is 291 Å². The molecule has 4 saturated heterocycles. The van der Waals surface area contributed by atoms with Crippen molar-refractivity contribution in [3.8, 4) is 23.6 Å². The number of benzene rings is 3. The number of aliphatic carboxylic acids is 1. The van der Waals surface area contributed by atoms with E-state index in [-0.39, 0.29) is 64.4 Å². The van der Waals surface area contributed by atoms with E-state index < -0.39 is 66.3 Å². The number of carbonyl (C=O) groups excluding carboxylic acids is 4. The summed E-state index contributed by atoms with van der Waals surface area (Å²) < 4.78 is 150. The minimum atomic E-state index is -4.50. The number of allylic oxidation sites excluding steroid dienone is 3. The van der Waals surface area contributed by atoms with Crippen molar-refractivity contribution < 1.29 is 97.4 Å². The van der Waals surface area contributed by atoms with Gasteiger partial charge in [0.1, 0.15) is 29.8 Å². The van der Waals surface area contributed by atoms with Crippen molar-refractivity contribution >= 4 is 140 Å². The van der Waals surface area contributed by atoms with Crippen LogP contribution in [-0.4, -0.2) is 209 Å². The Labute approximate surface area is 758 Å². The van der Waals surface area contributed by atoms with Crippen LogP contribution in [0.25, 0.3) is 33.0 Å². The number of rotatable bonds is 16. The molecule has 5 N–H and O–H groups in total. The molecule has 124 heavy (non-hydrogen) atoms. The highest BCUT2D eigenvalue weighted by Gasteiger charge is 2.34. The fourth-order valence-corrected chi connectivity index (χ4v) is 13.2. The highest BCUT2D eigenvalue weighted by molar-refractivity contribution is 14.1. The van der Waals surface area contributed by atoms with Crippen LogP contribution >= 0.6 is 77.0 Å². The van der Waals surface area contributed by atoms with Crippen LogP contribution in [0.1, 0.15) is 141 Å². The van der Waals surface area contributed by atoms with E-state index in [1.807, 2.05) is 59.6 Å². The summed E-state index contributed by atoms with van der Waals surface area (Å²) in [6, 6.07) is 27.8. The zero-order chi connectivity index (χ0) is 91.2. The SMILES string of the molecule is CC(C)(C)OC(=O)N1CCC[C@@H](O)C1.CC(C)(C)OC(=O)N1CCC[C@@H](Oc2ccc(I)cn2)C1.CNC(=O)/C=C/CBr.CNC(=O)/C=C/CN1CCC[C@@H](Oc2ccc(/C(=C(/CC(F)(F)F)c3ccccc3)c3ccc4n[nH]c(F)c4c3)cn2)C1.Fc1ccc(I)cn1.Fc1nn(C2CCCCO2)c2ccc(C#CCC(F)(F)F)cc12.O=C(O)/C=C/CBr. The summed E-state index contributed by atoms with van der Waals surface area (Å²) in [5.74, 6) is 2.51. The number of aliphatic hydroxyl groups is 1. The third kappa shape index (κ3) is 39.1. The average molecular weight is 2090 g/mol. The van der Waals surface area contributed by atoms with Crippen molar-refractivity contribution in [2.24, 2.45) is 0 Å². The quantitative estimate of drug-likeness (QED) is 0.0114. The summed E-state index contributed by atoms with van der Waals surface area (Å²) in [7, 11) is 3.17. The van der Waals surface area contributed by atoms with E-state index in [0.29, 0.717) is 89.7 Å². The molecule has 0 radical (unpaired) electrons. The van der Waals surface area contributed by atoms with Crippen molar-refractivity contribution in [1.29, 1.82) is 0 Å². The molecule has 0 saturated carbocycles. The number of halogens is 13. The second-order valence-corrected chi connectivity index (χ2v) is 33.7. The number of aliphatic hydroxyl groups excluding tert-OH is 1. The summed E-state index contributed by atoms with van der Waals surface area (Å²) in [5.41, 5.74) is 1.88. The lowest BCUT2D eigenvalue weighted by Gasteiger charge is -2.33. The van der Waals surface area contributed by atoms with Gasteiger partial charge in [-0.05, 0) is 234 Å². The number of nitrogens with one attached hydrogen (secondary N) is 3. The van der Waals surface area contributed by atoms with E-state index in [4.69, 9.17) is 28.8 Å². The molecule has 0 bridgehead atoms. The van der Waals surface area contributed by atoms with Crippen molar-refractivity contribution in [2.75, 3.05) is 77.2 Å². The molecular formula is C87H101Br2F9I2N12O12. The van der Waals surface area contributed by atoms with Crippen LogP contribution in [0.15, 0.2) is 158 Å². The lowest BCUT2D eigenvalue weighted by molar-refractivity contribution is -0.131. The van der Waals surface area contributed by atoms with E-state index in [1.54, 1.807) is 115 Å². The van der Waals surface area contributed by atoms with E-state index in [0.717, 1.165) is 89.4 Å². The Bertz CT molecular complexity index is 4860. The highest BCUT2D eigenvalue weighted by atomic mass is 127. The fourth-order valence-electron chi connectivity index (χ4n) is 12.1. The molecule has 12 rings (SSSR count). The number of carboxylic acids is 1. The molecule has 4 amide bonds. The lowest BCUT2D eigenvalue weighted by atomic mass is 9.88. The third-order valence-corrected chi connectivity index (χ3v) is 19.6. The number of fused-ring (bicyclic) bond motifs is 2. The Morgan fingerprint density at radius 3 is 1.74 bits per heavy atom. The van der Waals surface area contributed by atoms with Crippen LogP contribution in [0, 0.1) is 36.8 Å². The number of piperidine rings is 3. The Morgan fingerprint density at radius 2 is 1.21 bits per heavy atom. The molecule has 24 nitrogen and oxygen atoms in total.